The fourth-order valence-corrected chi connectivity index (χ4v) is 2.24. The molecule has 0 spiro atoms. The molecule has 0 aromatic heterocycles. The summed E-state index contributed by atoms with van der Waals surface area (Å²) >= 11 is 0. The minimum Gasteiger partial charge on any atom is -0.307 e. The SMILES string of the molecule is CCN(CC)C[Si](C)C. The fourth-order valence-electron chi connectivity index (χ4n) is 0.894. The van der Waals surface area contributed by atoms with Gasteiger partial charge in [0.05, 0.1) is 8.80 Å². The van der Waals surface area contributed by atoms with Crippen molar-refractivity contribution in [2.45, 2.75) is 26.9 Å². The van der Waals surface area contributed by atoms with Crippen molar-refractivity contribution in [3.8, 4) is 0 Å². The van der Waals surface area contributed by atoms with E-state index in [1.165, 1.54) is 19.3 Å². The summed E-state index contributed by atoms with van der Waals surface area (Å²) in [6.45, 7) is 11.6. The quantitative estimate of drug-likeness (QED) is 0.542. The summed E-state index contributed by atoms with van der Waals surface area (Å²) < 4.78 is 0. The van der Waals surface area contributed by atoms with Crippen LogP contribution in [0.25, 0.3) is 0 Å². The van der Waals surface area contributed by atoms with Crippen molar-refractivity contribution in [3.05, 3.63) is 0 Å². The highest BCUT2D eigenvalue weighted by atomic mass is 28.3. The molecule has 0 bridgehead atoms. The Bertz CT molecular complexity index is 59.9. The zero-order valence-electron chi connectivity index (χ0n) is 7.07. The maximum absolute atomic E-state index is 2.49. The molecule has 0 rings (SSSR count). The van der Waals surface area contributed by atoms with Crippen LogP contribution in [0.4, 0.5) is 0 Å². The van der Waals surface area contributed by atoms with Gasteiger partial charge in [0.15, 0.2) is 0 Å². The lowest BCUT2D eigenvalue weighted by Crippen LogP contribution is -2.31. The first kappa shape index (κ1) is 9.18. The Balaban J connectivity index is 3.31. The van der Waals surface area contributed by atoms with Crippen LogP contribution in [-0.4, -0.2) is 33.0 Å². The Hall–Kier alpha value is 0.177. The normalized spacial score (nSPS) is 11.3. The van der Waals surface area contributed by atoms with E-state index in [1.807, 2.05) is 0 Å². The van der Waals surface area contributed by atoms with Crippen LogP contribution < -0.4 is 0 Å². The van der Waals surface area contributed by atoms with Crippen molar-refractivity contribution in [1.29, 1.82) is 0 Å². The van der Waals surface area contributed by atoms with Crippen molar-refractivity contribution in [3.63, 3.8) is 0 Å². The summed E-state index contributed by atoms with van der Waals surface area (Å²) in [5.74, 6) is 0. The first-order valence-corrected chi connectivity index (χ1v) is 6.42. The smallest absolute Gasteiger partial charge is 0.0584 e. The summed E-state index contributed by atoms with van der Waals surface area (Å²) in [7, 11) is -0.0317. The molecule has 0 heterocycles. The molecule has 0 unspecified atom stereocenters. The zero-order valence-corrected chi connectivity index (χ0v) is 8.07. The molecule has 1 nitrogen and oxygen atoms in total. The molecule has 0 fully saturated rings. The van der Waals surface area contributed by atoms with Gasteiger partial charge in [-0.15, -0.1) is 0 Å². The maximum Gasteiger partial charge on any atom is 0.0584 e. The predicted molar refractivity (Wildman–Crippen MR) is 45.3 cm³/mol. The number of nitrogens with zero attached hydrogens (tertiary/aromatic N) is 1. The van der Waals surface area contributed by atoms with Crippen LogP contribution in [0.5, 0.6) is 0 Å². The lowest BCUT2D eigenvalue weighted by atomic mass is 10.6. The third-order valence-corrected chi connectivity index (χ3v) is 2.51. The van der Waals surface area contributed by atoms with Crippen molar-refractivity contribution >= 4 is 8.80 Å². The van der Waals surface area contributed by atoms with Crippen LogP contribution in [0.1, 0.15) is 13.8 Å². The van der Waals surface area contributed by atoms with Gasteiger partial charge < -0.3 is 4.90 Å². The van der Waals surface area contributed by atoms with Crippen molar-refractivity contribution in [2.24, 2.45) is 0 Å². The van der Waals surface area contributed by atoms with E-state index in [9.17, 15) is 0 Å². The first-order valence-electron chi connectivity index (χ1n) is 3.72. The molecule has 0 N–H and O–H groups in total. The number of hydrogen-bond acceptors (Lipinski definition) is 1. The molecule has 1 radical (unpaired) electrons. The van der Waals surface area contributed by atoms with E-state index in [1.54, 1.807) is 0 Å². The topological polar surface area (TPSA) is 3.24 Å². The van der Waals surface area contributed by atoms with Gasteiger partial charge in [0.25, 0.3) is 0 Å². The van der Waals surface area contributed by atoms with E-state index in [-0.39, 0.29) is 8.80 Å². The van der Waals surface area contributed by atoms with Gasteiger partial charge in [0.2, 0.25) is 0 Å². The van der Waals surface area contributed by atoms with Crippen molar-refractivity contribution in [2.75, 3.05) is 19.3 Å². The lowest BCUT2D eigenvalue weighted by Gasteiger charge is -2.18. The van der Waals surface area contributed by atoms with Gasteiger partial charge in [-0.3, -0.25) is 0 Å². The molecule has 0 aromatic carbocycles. The van der Waals surface area contributed by atoms with E-state index in [0.29, 0.717) is 0 Å². The molecule has 0 saturated carbocycles. The Kier molecular flexibility index (Phi) is 5.10. The fraction of sp³-hybridized carbons (Fsp3) is 1.00. The molecule has 2 heteroatoms. The van der Waals surface area contributed by atoms with E-state index >= 15 is 0 Å². The average Bonchev–Trinajstić information content (AvgIpc) is 1.82. The Morgan fingerprint density at radius 1 is 1.11 bits per heavy atom. The van der Waals surface area contributed by atoms with Crippen LogP contribution in [-0.2, 0) is 0 Å². The molecule has 0 aliphatic heterocycles. The van der Waals surface area contributed by atoms with Gasteiger partial charge in [-0.05, 0) is 19.3 Å². The standard InChI is InChI=1S/C7H18NSi/c1-5-8(6-2)7-9(3)4/h5-7H2,1-4H3. The molecule has 0 saturated heterocycles. The second-order valence-electron chi connectivity index (χ2n) is 2.67. The third kappa shape index (κ3) is 4.67. The minimum absolute atomic E-state index is 0.0317. The zero-order chi connectivity index (χ0) is 7.28. The van der Waals surface area contributed by atoms with E-state index in [0.717, 1.165) is 0 Å². The van der Waals surface area contributed by atoms with Gasteiger partial charge in [0.1, 0.15) is 0 Å². The van der Waals surface area contributed by atoms with Crippen molar-refractivity contribution < 1.29 is 0 Å². The molecule has 0 amide bonds. The maximum atomic E-state index is 2.49. The molecule has 0 aromatic rings. The van der Waals surface area contributed by atoms with E-state index in [4.69, 9.17) is 0 Å². The number of hydrogen-bond donors (Lipinski definition) is 0. The Morgan fingerprint density at radius 3 is 1.67 bits per heavy atom. The molecule has 0 atom stereocenters. The predicted octanol–water partition coefficient (Wildman–Crippen LogP) is 1.62. The first-order chi connectivity index (χ1) is 4.20. The summed E-state index contributed by atoms with van der Waals surface area (Å²) in [5.41, 5.74) is 0. The lowest BCUT2D eigenvalue weighted by molar-refractivity contribution is 0.351. The molecule has 55 valence electrons. The Labute approximate surface area is 60.7 Å². The monoisotopic (exact) mass is 144 g/mol. The van der Waals surface area contributed by atoms with Crippen LogP contribution in [0.15, 0.2) is 0 Å². The van der Waals surface area contributed by atoms with E-state index < -0.39 is 0 Å². The highest BCUT2D eigenvalue weighted by Crippen LogP contribution is 1.89. The van der Waals surface area contributed by atoms with Gasteiger partial charge in [-0.2, -0.15) is 0 Å². The van der Waals surface area contributed by atoms with Crippen LogP contribution >= 0.6 is 0 Å². The third-order valence-electron chi connectivity index (χ3n) is 1.43. The Morgan fingerprint density at radius 2 is 1.56 bits per heavy atom. The minimum atomic E-state index is -0.0317. The number of rotatable bonds is 4. The highest BCUT2D eigenvalue weighted by Gasteiger charge is 2.01. The van der Waals surface area contributed by atoms with Crippen LogP contribution in [0, 0.1) is 0 Å². The largest absolute Gasteiger partial charge is 0.307 e. The molecular weight excluding hydrogens is 126 g/mol. The molecular formula is C7H18NSi. The van der Waals surface area contributed by atoms with Gasteiger partial charge in [0, 0.05) is 0 Å². The highest BCUT2D eigenvalue weighted by molar-refractivity contribution is 6.55. The van der Waals surface area contributed by atoms with Crippen LogP contribution in [0.3, 0.4) is 0 Å². The van der Waals surface area contributed by atoms with Crippen molar-refractivity contribution in [1.82, 2.24) is 4.90 Å². The molecule has 0 aliphatic rings. The van der Waals surface area contributed by atoms with Gasteiger partial charge in [-0.1, -0.05) is 26.9 Å². The molecule has 9 heavy (non-hydrogen) atoms. The average molecular weight is 144 g/mol. The molecule has 0 aliphatic carbocycles. The summed E-state index contributed by atoms with van der Waals surface area (Å²) in [4.78, 5) is 2.49. The second kappa shape index (κ2) is 5.00. The van der Waals surface area contributed by atoms with Gasteiger partial charge in [-0.25, -0.2) is 0 Å². The summed E-state index contributed by atoms with van der Waals surface area (Å²) in [5, 5.41) is 0. The van der Waals surface area contributed by atoms with Crippen LogP contribution in [0.2, 0.25) is 13.1 Å². The summed E-state index contributed by atoms with van der Waals surface area (Å²) in [6.07, 6.45) is 1.34. The second-order valence-corrected chi connectivity index (χ2v) is 5.40. The van der Waals surface area contributed by atoms with E-state index in [2.05, 4.69) is 31.8 Å². The summed E-state index contributed by atoms with van der Waals surface area (Å²) in [6, 6.07) is 0. The van der Waals surface area contributed by atoms with Gasteiger partial charge >= 0.3 is 0 Å².